The summed E-state index contributed by atoms with van der Waals surface area (Å²) in [7, 11) is 1.58. The fourth-order valence-corrected chi connectivity index (χ4v) is 4.77. The quantitative estimate of drug-likeness (QED) is 0.400. The number of hydrogen-bond acceptors (Lipinski definition) is 5. The summed E-state index contributed by atoms with van der Waals surface area (Å²) in [4.78, 5) is 39.4. The van der Waals surface area contributed by atoms with Gasteiger partial charge in [0.2, 0.25) is 17.7 Å². The van der Waals surface area contributed by atoms with Crippen LogP contribution in [-0.2, 0) is 14.4 Å². The monoisotopic (exact) mass is 447 g/mol. The predicted octanol–water partition coefficient (Wildman–Crippen LogP) is 3.36. The van der Waals surface area contributed by atoms with Crippen LogP contribution in [0.5, 0.6) is 5.75 Å². The first kappa shape index (κ1) is 23.4. The summed E-state index contributed by atoms with van der Waals surface area (Å²) in [5.41, 5.74) is 0.646. The molecule has 0 bridgehead atoms. The molecule has 7 nitrogen and oxygen atoms in total. The lowest BCUT2D eigenvalue weighted by molar-refractivity contribution is -0.138. The molecule has 1 saturated carbocycles. The van der Waals surface area contributed by atoms with Crippen LogP contribution in [0, 0.1) is 5.92 Å². The molecule has 2 fully saturated rings. The molecule has 1 aromatic carbocycles. The number of nitrogens with one attached hydrogen (secondary N) is 2. The van der Waals surface area contributed by atoms with Gasteiger partial charge in [0.25, 0.3) is 0 Å². The molecule has 31 heavy (non-hydrogen) atoms. The lowest BCUT2D eigenvalue weighted by Crippen LogP contribution is -2.48. The highest BCUT2D eigenvalue weighted by molar-refractivity contribution is 7.81. The molecule has 2 atom stereocenters. The lowest BCUT2D eigenvalue weighted by Gasteiger charge is -2.25. The molecule has 8 heteroatoms. The Balaban J connectivity index is 1.43. The molecule has 1 aliphatic heterocycles. The van der Waals surface area contributed by atoms with Crippen LogP contribution in [0.4, 0.5) is 5.69 Å². The van der Waals surface area contributed by atoms with Crippen molar-refractivity contribution in [1.29, 1.82) is 0 Å². The van der Waals surface area contributed by atoms with Crippen molar-refractivity contribution in [2.75, 3.05) is 19.0 Å². The van der Waals surface area contributed by atoms with E-state index in [1.165, 1.54) is 25.7 Å². The Kier molecular flexibility index (Phi) is 8.63. The number of benzene rings is 1. The molecule has 0 spiro atoms. The first-order valence-corrected chi connectivity index (χ1v) is 11.7. The number of thiol groups is 1. The van der Waals surface area contributed by atoms with Gasteiger partial charge in [0.15, 0.2) is 0 Å². The van der Waals surface area contributed by atoms with Crippen molar-refractivity contribution >= 4 is 36.0 Å². The molecule has 3 amide bonds. The van der Waals surface area contributed by atoms with E-state index >= 15 is 0 Å². The molecule has 2 N–H and O–H groups in total. The van der Waals surface area contributed by atoms with Gasteiger partial charge in [-0.15, -0.1) is 0 Å². The molecule has 2 aliphatic rings. The van der Waals surface area contributed by atoms with E-state index in [1.807, 2.05) is 0 Å². The fourth-order valence-electron chi connectivity index (χ4n) is 4.48. The highest BCUT2D eigenvalue weighted by Crippen LogP contribution is 2.29. The van der Waals surface area contributed by atoms with Crippen molar-refractivity contribution in [1.82, 2.24) is 10.2 Å². The maximum absolute atomic E-state index is 12.7. The van der Waals surface area contributed by atoms with Gasteiger partial charge in [-0.05, 0) is 49.4 Å². The summed E-state index contributed by atoms with van der Waals surface area (Å²) in [6.07, 6.45) is 7.92. The Morgan fingerprint density at radius 2 is 1.84 bits per heavy atom. The first-order chi connectivity index (χ1) is 15.0. The normalized spacial score (nSPS) is 19.8. The van der Waals surface area contributed by atoms with Crippen molar-refractivity contribution < 1.29 is 19.1 Å². The zero-order chi connectivity index (χ0) is 22.2. The largest absolute Gasteiger partial charge is 0.497 e. The summed E-state index contributed by atoms with van der Waals surface area (Å²) in [6.45, 7) is 0.622. The second-order valence-electron chi connectivity index (χ2n) is 8.44. The van der Waals surface area contributed by atoms with Crippen molar-refractivity contribution in [2.45, 2.75) is 69.2 Å². The molecule has 3 rings (SSSR count). The standard InChI is InChI=1S/C23H33N3O4S/c1-30-18-11-9-17(10-12-18)24-20(27)15-21(31)25-23(29)19-7-4-14-26(19)22(28)13-8-16-5-2-3-6-16/h9-12,16,19,21,31H,2-8,13-15H2,1H3,(H,24,27)(H,25,29)/t19-,21?/m0/s1. The van der Waals surface area contributed by atoms with E-state index in [4.69, 9.17) is 4.74 Å². The Morgan fingerprint density at radius 3 is 2.52 bits per heavy atom. The predicted molar refractivity (Wildman–Crippen MR) is 123 cm³/mol. The van der Waals surface area contributed by atoms with Gasteiger partial charge in [0, 0.05) is 18.7 Å². The van der Waals surface area contributed by atoms with Gasteiger partial charge in [0.1, 0.15) is 11.8 Å². The van der Waals surface area contributed by atoms with Gasteiger partial charge in [-0.3, -0.25) is 14.4 Å². The van der Waals surface area contributed by atoms with Crippen LogP contribution in [0.25, 0.3) is 0 Å². The summed E-state index contributed by atoms with van der Waals surface area (Å²) >= 11 is 4.36. The third-order valence-corrected chi connectivity index (χ3v) is 6.49. The van der Waals surface area contributed by atoms with Crippen molar-refractivity contribution in [3.8, 4) is 5.75 Å². The number of anilines is 1. The number of likely N-dealkylation sites (tertiary alicyclic amines) is 1. The highest BCUT2D eigenvalue weighted by Gasteiger charge is 2.34. The molecule has 0 radical (unpaired) electrons. The number of ether oxygens (including phenoxy) is 1. The molecule has 1 heterocycles. The average Bonchev–Trinajstić information content (AvgIpc) is 3.44. The van der Waals surface area contributed by atoms with E-state index in [-0.39, 0.29) is 24.1 Å². The lowest BCUT2D eigenvalue weighted by atomic mass is 10.0. The minimum absolute atomic E-state index is 0.0310. The molecular weight excluding hydrogens is 414 g/mol. The van der Waals surface area contributed by atoms with Gasteiger partial charge in [-0.2, -0.15) is 12.6 Å². The summed E-state index contributed by atoms with van der Waals surface area (Å²) in [5.74, 6) is 0.948. The van der Waals surface area contributed by atoms with E-state index in [0.29, 0.717) is 36.7 Å². The molecule has 0 aromatic heterocycles. The van der Waals surface area contributed by atoms with Crippen LogP contribution >= 0.6 is 12.6 Å². The van der Waals surface area contributed by atoms with Gasteiger partial charge in [-0.25, -0.2) is 0 Å². The maximum atomic E-state index is 12.7. The van der Waals surface area contributed by atoms with E-state index in [2.05, 4.69) is 23.3 Å². The van der Waals surface area contributed by atoms with Crippen LogP contribution in [0.2, 0.25) is 0 Å². The average molecular weight is 448 g/mol. The zero-order valence-electron chi connectivity index (χ0n) is 18.1. The fraction of sp³-hybridized carbons (Fsp3) is 0.609. The number of nitrogens with zero attached hydrogens (tertiary/aromatic N) is 1. The maximum Gasteiger partial charge on any atom is 0.243 e. The van der Waals surface area contributed by atoms with Crippen molar-refractivity contribution in [2.24, 2.45) is 5.92 Å². The van der Waals surface area contributed by atoms with Crippen LogP contribution in [-0.4, -0.2) is 47.7 Å². The van der Waals surface area contributed by atoms with Crippen LogP contribution in [0.3, 0.4) is 0 Å². The van der Waals surface area contributed by atoms with Gasteiger partial charge >= 0.3 is 0 Å². The van der Waals surface area contributed by atoms with Crippen molar-refractivity contribution in [3.05, 3.63) is 24.3 Å². The molecule has 1 unspecified atom stereocenters. The van der Waals surface area contributed by atoms with E-state index < -0.39 is 11.4 Å². The third kappa shape index (κ3) is 6.89. The Hall–Kier alpha value is -2.22. The minimum atomic E-state index is -0.623. The molecule has 1 saturated heterocycles. The van der Waals surface area contributed by atoms with E-state index in [1.54, 1.807) is 36.3 Å². The van der Waals surface area contributed by atoms with Crippen molar-refractivity contribution in [3.63, 3.8) is 0 Å². The van der Waals surface area contributed by atoms with E-state index in [9.17, 15) is 14.4 Å². The van der Waals surface area contributed by atoms with Crippen LogP contribution < -0.4 is 15.4 Å². The number of rotatable bonds is 9. The highest BCUT2D eigenvalue weighted by atomic mass is 32.1. The Bertz CT molecular complexity index is 765. The third-order valence-electron chi connectivity index (χ3n) is 6.18. The summed E-state index contributed by atoms with van der Waals surface area (Å²) in [5, 5.41) is 4.94. The van der Waals surface area contributed by atoms with Crippen LogP contribution in [0.1, 0.15) is 57.8 Å². The number of carbonyl (C=O) groups is 3. The second kappa shape index (κ2) is 11.4. The Morgan fingerprint density at radius 1 is 1.13 bits per heavy atom. The molecule has 1 aliphatic carbocycles. The van der Waals surface area contributed by atoms with Crippen LogP contribution in [0.15, 0.2) is 24.3 Å². The second-order valence-corrected chi connectivity index (χ2v) is 9.06. The number of amides is 3. The number of carbonyl (C=O) groups excluding carboxylic acids is 3. The Labute approximate surface area is 189 Å². The number of methoxy groups -OCH3 is 1. The van der Waals surface area contributed by atoms with E-state index in [0.717, 1.165) is 12.8 Å². The first-order valence-electron chi connectivity index (χ1n) is 11.2. The number of hydrogen-bond donors (Lipinski definition) is 3. The smallest absolute Gasteiger partial charge is 0.243 e. The molecule has 170 valence electrons. The topological polar surface area (TPSA) is 87.7 Å². The van der Waals surface area contributed by atoms with Gasteiger partial charge < -0.3 is 20.3 Å². The minimum Gasteiger partial charge on any atom is -0.497 e. The molecular formula is C23H33N3O4S. The van der Waals surface area contributed by atoms with Gasteiger partial charge in [0.05, 0.1) is 18.9 Å². The zero-order valence-corrected chi connectivity index (χ0v) is 19.0. The summed E-state index contributed by atoms with van der Waals surface area (Å²) < 4.78 is 5.10. The SMILES string of the molecule is COc1ccc(NC(=O)CC(S)NC(=O)[C@@H]2CCCN2C(=O)CCC2CCCC2)cc1. The summed E-state index contributed by atoms with van der Waals surface area (Å²) in [6, 6.07) is 6.55. The van der Waals surface area contributed by atoms with Gasteiger partial charge in [-0.1, -0.05) is 25.7 Å². The molecule has 1 aromatic rings.